The van der Waals surface area contributed by atoms with Gasteiger partial charge in [0.1, 0.15) is 11.2 Å². The molecule has 0 amide bonds. The van der Waals surface area contributed by atoms with Gasteiger partial charge in [-0.25, -0.2) is 15.0 Å². The van der Waals surface area contributed by atoms with Crippen LogP contribution in [0.4, 0.5) is 0 Å². The van der Waals surface area contributed by atoms with Gasteiger partial charge >= 0.3 is 0 Å². The van der Waals surface area contributed by atoms with E-state index in [0.717, 1.165) is 44.0 Å². The summed E-state index contributed by atoms with van der Waals surface area (Å²) in [5, 5.41) is 3.73. The molecular weight excluding hydrogens is 613 g/mol. The van der Waals surface area contributed by atoms with Crippen molar-refractivity contribution in [1.29, 1.82) is 0 Å². The molecule has 0 unspecified atom stereocenters. The Bertz CT molecular complexity index is 3310. The van der Waals surface area contributed by atoms with Gasteiger partial charge in [-0.05, 0) is 59.7 Å². The number of nitrogens with zero attached hydrogens (tertiary/aromatic N) is 4. The van der Waals surface area contributed by atoms with Crippen molar-refractivity contribution >= 4 is 43.7 Å². The van der Waals surface area contributed by atoms with Gasteiger partial charge in [-0.1, -0.05) is 121 Å². The van der Waals surface area contributed by atoms with Crippen LogP contribution < -0.4 is 0 Å². The zero-order valence-corrected chi connectivity index (χ0v) is 26.1. The van der Waals surface area contributed by atoms with E-state index in [4.69, 9.17) is 18.1 Å². The Balaban J connectivity index is 1.17. The smallest absolute Gasteiger partial charge is 0.167 e. The van der Waals surface area contributed by atoms with Gasteiger partial charge in [0.05, 0.1) is 30.3 Å². The van der Waals surface area contributed by atoms with E-state index in [2.05, 4.69) is 62.0 Å². The fourth-order valence-electron chi connectivity index (χ4n) is 6.61. The van der Waals surface area contributed by atoms with Crippen LogP contribution in [-0.4, -0.2) is 19.5 Å². The summed E-state index contributed by atoms with van der Waals surface area (Å²) < 4.78 is 92.9. The van der Waals surface area contributed by atoms with Crippen LogP contribution in [-0.2, 0) is 0 Å². The molecule has 10 rings (SSSR count). The van der Waals surface area contributed by atoms with Crippen LogP contribution in [0, 0.1) is 0 Å². The van der Waals surface area contributed by atoms with Gasteiger partial charge in [0.2, 0.25) is 0 Å². The Morgan fingerprint density at radius 2 is 1.06 bits per heavy atom. The molecule has 0 saturated carbocycles. The van der Waals surface area contributed by atoms with E-state index in [1.807, 2.05) is 54.6 Å². The molecule has 0 fully saturated rings. The van der Waals surface area contributed by atoms with Crippen molar-refractivity contribution in [1.82, 2.24) is 19.5 Å². The van der Waals surface area contributed by atoms with Crippen molar-refractivity contribution in [2.75, 3.05) is 0 Å². The molecule has 0 N–H and O–H groups in total. The SMILES string of the molecule is [2H]c1c([2H])c([2H])c(-c2nc(-c3c([2H])c([2H])c([2H])c([2H])c3[2H])nc(-c3cccc4c3oc3ccc(-c5ccc6c(c5)c5ccccc5n6-c5ccccc5)cc34)n2)c([2H])c1[2H]. The van der Waals surface area contributed by atoms with Gasteiger partial charge in [-0.15, -0.1) is 0 Å². The first kappa shape index (κ1) is 19.8. The number of aromatic nitrogens is 4. The Labute approximate surface area is 301 Å². The zero-order chi connectivity index (χ0) is 41.7. The molecular formula is C45H28N4O. The fraction of sp³-hybridized carbons (Fsp3) is 0. The highest BCUT2D eigenvalue weighted by atomic mass is 16.3. The van der Waals surface area contributed by atoms with Gasteiger partial charge in [-0.3, -0.25) is 0 Å². The van der Waals surface area contributed by atoms with Crippen LogP contribution >= 0.6 is 0 Å². The number of fused-ring (bicyclic) bond motifs is 6. The number of para-hydroxylation sites is 3. The van der Waals surface area contributed by atoms with Crippen LogP contribution in [0.1, 0.15) is 13.7 Å². The van der Waals surface area contributed by atoms with Crippen molar-refractivity contribution in [2.45, 2.75) is 0 Å². The Morgan fingerprint density at radius 1 is 0.460 bits per heavy atom. The lowest BCUT2D eigenvalue weighted by molar-refractivity contribution is 0.669. The summed E-state index contributed by atoms with van der Waals surface area (Å²) >= 11 is 0. The van der Waals surface area contributed by atoms with Crippen molar-refractivity contribution < 1.29 is 18.1 Å². The molecule has 0 aliphatic carbocycles. The largest absolute Gasteiger partial charge is 0.455 e. The molecule has 0 atom stereocenters. The standard InChI is InChI=1S/C45H28N4O/c1-4-13-29(14-5-1)43-46-44(30-15-6-2-7-16-30)48-45(47-43)36-21-12-20-35-38-28-32(24-26-41(38)50-42(35)36)31-23-25-40-37(27-31)34-19-10-11-22-39(34)49(40)33-17-8-3-9-18-33/h1-28H/i1D,2D,4D,5D,6D,7D,13D,14D,15D,16D. The summed E-state index contributed by atoms with van der Waals surface area (Å²) in [7, 11) is 0. The first-order chi connectivity index (χ1) is 28.9. The minimum absolute atomic E-state index is 0.0706. The lowest BCUT2D eigenvalue weighted by Crippen LogP contribution is -2.00. The molecule has 5 heteroatoms. The normalized spacial score (nSPS) is 14.4. The second kappa shape index (κ2) is 11.4. The average Bonchev–Trinajstić information content (AvgIpc) is 3.82. The maximum Gasteiger partial charge on any atom is 0.167 e. The van der Waals surface area contributed by atoms with Crippen molar-refractivity contribution in [2.24, 2.45) is 0 Å². The van der Waals surface area contributed by atoms with Gasteiger partial charge in [-0.2, -0.15) is 0 Å². The molecule has 10 aromatic rings. The molecule has 50 heavy (non-hydrogen) atoms. The second-order valence-electron chi connectivity index (χ2n) is 11.7. The summed E-state index contributed by atoms with van der Waals surface area (Å²) in [5.74, 6) is -0.768. The first-order valence-electron chi connectivity index (χ1n) is 20.9. The number of hydrogen-bond donors (Lipinski definition) is 0. The topological polar surface area (TPSA) is 56.7 Å². The Hall–Kier alpha value is -6.85. The molecule has 0 spiro atoms. The lowest BCUT2D eigenvalue weighted by Gasteiger charge is -2.08. The monoisotopic (exact) mass is 650 g/mol. The van der Waals surface area contributed by atoms with Crippen LogP contribution in [0.5, 0.6) is 0 Å². The summed E-state index contributed by atoms with van der Waals surface area (Å²) in [6.07, 6.45) is 0. The summed E-state index contributed by atoms with van der Waals surface area (Å²) in [5.41, 5.74) is 5.77. The van der Waals surface area contributed by atoms with E-state index in [9.17, 15) is 0 Å². The van der Waals surface area contributed by atoms with Gasteiger partial charge in [0, 0.05) is 38.4 Å². The number of furan rings is 1. The summed E-state index contributed by atoms with van der Waals surface area (Å²) in [6.45, 7) is 0. The van der Waals surface area contributed by atoms with Gasteiger partial charge < -0.3 is 8.98 Å². The zero-order valence-electron chi connectivity index (χ0n) is 36.1. The van der Waals surface area contributed by atoms with Crippen molar-refractivity contribution in [3.05, 3.63) is 170 Å². The van der Waals surface area contributed by atoms with E-state index < -0.39 is 60.4 Å². The van der Waals surface area contributed by atoms with Crippen molar-refractivity contribution in [3.63, 3.8) is 0 Å². The van der Waals surface area contributed by atoms with Crippen molar-refractivity contribution in [3.8, 4) is 51.0 Å². The maximum atomic E-state index is 8.67. The third-order valence-electron chi connectivity index (χ3n) is 8.84. The van der Waals surface area contributed by atoms with Gasteiger partial charge in [0.15, 0.2) is 17.5 Å². The number of hydrogen-bond acceptors (Lipinski definition) is 4. The molecule has 0 saturated heterocycles. The summed E-state index contributed by atoms with van der Waals surface area (Å²) in [6, 6.07) is 30.3. The molecule has 5 nitrogen and oxygen atoms in total. The summed E-state index contributed by atoms with van der Waals surface area (Å²) in [4.78, 5) is 13.6. The Kier molecular flexibility index (Phi) is 4.52. The van der Waals surface area contributed by atoms with E-state index in [1.165, 1.54) is 0 Å². The highest BCUT2D eigenvalue weighted by molar-refractivity contribution is 6.12. The average molecular weight is 651 g/mol. The van der Waals surface area contributed by atoms with Crippen LogP contribution in [0.25, 0.3) is 94.7 Å². The molecule has 234 valence electrons. The second-order valence-corrected chi connectivity index (χ2v) is 11.7. The molecule has 3 heterocycles. The predicted molar refractivity (Wildman–Crippen MR) is 203 cm³/mol. The van der Waals surface area contributed by atoms with E-state index >= 15 is 0 Å². The molecule has 0 radical (unpaired) electrons. The molecule has 0 bridgehead atoms. The number of benzene rings is 7. The fourth-order valence-corrected chi connectivity index (χ4v) is 6.61. The number of rotatable bonds is 5. The molecule has 0 aliphatic rings. The molecule has 3 aromatic heterocycles. The van der Waals surface area contributed by atoms with E-state index in [0.29, 0.717) is 22.1 Å². The van der Waals surface area contributed by atoms with E-state index in [-0.39, 0.29) is 28.6 Å². The minimum Gasteiger partial charge on any atom is -0.455 e. The van der Waals surface area contributed by atoms with Crippen LogP contribution in [0.15, 0.2) is 174 Å². The third-order valence-corrected chi connectivity index (χ3v) is 8.84. The predicted octanol–water partition coefficient (Wildman–Crippen LogP) is 11.5. The first-order valence-corrected chi connectivity index (χ1v) is 15.9. The molecule has 7 aromatic carbocycles. The van der Waals surface area contributed by atoms with E-state index in [1.54, 1.807) is 12.1 Å². The quantitative estimate of drug-likeness (QED) is 0.186. The van der Waals surface area contributed by atoms with Gasteiger partial charge in [0.25, 0.3) is 0 Å². The van der Waals surface area contributed by atoms with Crippen LogP contribution in [0.2, 0.25) is 0 Å². The highest BCUT2D eigenvalue weighted by Gasteiger charge is 2.19. The lowest BCUT2D eigenvalue weighted by atomic mass is 10.00. The molecule has 0 aliphatic heterocycles. The highest BCUT2D eigenvalue weighted by Crippen LogP contribution is 2.39. The Morgan fingerprint density at radius 3 is 1.80 bits per heavy atom. The van der Waals surface area contributed by atoms with Crippen LogP contribution in [0.3, 0.4) is 0 Å². The maximum absolute atomic E-state index is 8.67. The minimum atomic E-state index is -0.617. The third kappa shape index (κ3) is 4.60.